The largest absolute Gasteiger partial charge is 0.291 e. The van der Waals surface area contributed by atoms with E-state index in [-0.39, 0.29) is 0 Å². The van der Waals surface area contributed by atoms with Gasteiger partial charge in [0.15, 0.2) is 4.96 Å². The van der Waals surface area contributed by atoms with Crippen LogP contribution in [-0.4, -0.2) is 9.38 Å². The van der Waals surface area contributed by atoms with Crippen LogP contribution in [0, 0.1) is 6.92 Å². The van der Waals surface area contributed by atoms with Crippen LogP contribution in [0.2, 0.25) is 0 Å². The van der Waals surface area contributed by atoms with Crippen LogP contribution < -0.4 is 0 Å². The predicted octanol–water partition coefficient (Wildman–Crippen LogP) is 3.28. The first-order chi connectivity index (χ1) is 7.84. The van der Waals surface area contributed by atoms with Crippen molar-refractivity contribution in [3.63, 3.8) is 0 Å². The quantitative estimate of drug-likeness (QED) is 0.450. The Balaban J connectivity index is 2.12. The smallest absolute Gasteiger partial charge is 0.194 e. The molecule has 1 aromatic carbocycles. The molecular weight excluding hydrogens is 216 g/mol. The number of fused-ring (bicyclic) bond motifs is 5. The van der Waals surface area contributed by atoms with Gasteiger partial charge in [-0.3, -0.25) is 4.40 Å². The zero-order valence-corrected chi connectivity index (χ0v) is 9.71. The van der Waals surface area contributed by atoms with Crippen LogP contribution in [0.1, 0.15) is 17.0 Å². The van der Waals surface area contributed by atoms with Crippen molar-refractivity contribution in [2.24, 2.45) is 0 Å². The van der Waals surface area contributed by atoms with Crippen molar-refractivity contribution in [2.45, 2.75) is 13.3 Å². The third-order valence-corrected chi connectivity index (χ3v) is 4.20. The van der Waals surface area contributed by atoms with Gasteiger partial charge in [-0.1, -0.05) is 24.3 Å². The van der Waals surface area contributed by atoms with E-state index in [1.165, 1.54) is 28.2 Å². The molecule has 2 nitrogen and oxygen atoms in total. The number of aromatic nitrogens is 2. The molecule has 0 saturated carbocycles. The molecule has 0 radical (unpaired) electrons. The fourth-order valence-electron chi connectivity index (χ4n) is 2.53. The normalized spacial score (nSPS) is 13.1. The minimum Gasteiger partial charge on any atom is -0.291 e. The topological polar surface area (TPSA) is 17.3 Å². The SMILES string of the molecule is Cc1csc2nc3c(n12)Cc1ccccc1-3. The van der Waals surface area contributed by atoms with Gasteiger partial charge in [-0.2, -0.15) is 0 Å². The molecule has 3 aromatic rings. The summed E-state index contributed by atoms with van der Waals surface area (Å²) < 4.78 is 2.29. The monoisotopic (exact) mass is 226 g/mol. The molecule has 0 amide bonds. The first-order valence-corrected chi connectivity index (χ1v) is 6.26. The molecule has 1 aliphatic carbocycles. The Kier molecular flexibility index (Phi) is 1.46. The highest BCUT2D eigenvalue weighted by molar-refractivity contribution is 7.15. The second-order valence-corrected chi connectivity index (χ2v) is 5.07. The maximum atomic E-state index is 4.74. The minimum atomic E-state index is 1.02. The van der Waals surface area contributed by atoms with Crippen molar-refractivity contribution in [3.05, 3.63) is 46.6 Å². The van der Waals surface area contributed by atoms with E-state index in [4.69, 9.17) is 4.98 Å². The molecule has 78 valence electrons. The summed E-state index contributed by atoms with van der Waals surface area (Å²) >= 11 is 1.72. The van der Waals surface area contributed by atoms with Crippen molar-refractivity contribution in [1.82, 2.24) is 9.38 Å². The summed E-state index contributed by atoms with van der Waals surface area (Å²) in [5.41, 5.74) is 6.55. The zero-order valence-electron chi connectivity index (χ0n) is 8.90. The Morgan fingerprint density at radius 2 is 2.19 bits per heavy atom. The van der Waals surface area contributed by atoms with Crippen molar-refractivity contribution in [3.8, 4) is 11.3 Å². The van der Waals surface area contributed by atoms with Gasteiger partial charge in [0.2, 0.25) is 0 Å². The van der Waals surface area contributed by atoms with E-state index in [1.54, 1.807) is 11.3 Å². The van der Waals surface area contributed by atoms with Crippen LogP contribution in [0.15, 0.2) is 29.6 Å². The molecule has 0 atom stereocenters. The number of hydrogen-bond acceptors (Lipinski definition) is 2. The van der Waals surface area contributed by atoms with E-state index in [0.717, 1.165) is 11.4 Å². The molecule has 0 saturated heterocycles. The van der Waals surface area contributed by atoms with Crippen LogP contribution in [-0.2, 0) is 6.42 Å². The molecule has 0 unspecified atom stereocenters. The molecule has 16 heavy (non-hydrogen) atoms. The molecule has 0 aliphatic heterocycles. The Hall–Kier alpha value is -1.61. The van der Waals surface area contributed by atoms with Crippen molar-refractivity contribution >= 4 is 16.3 Å². The predicted molar refractivity (Wildman–Crippen MR) is 66.0 cm³/mol. The second kappa shape index (κ2) is 2.74. The van der Waals surface area contributed by atoms with Gasteiger partial charge in [0.25, 0.3) is 0 Å². The van der Waals surface area contributed by atoms with E-state index >= 15 is 0 Å². The highest BCUT2D eigenvalue weighted by atomic mass is 32.1. The molecule has 0 fully saturated rings. The fraction of sp³-hybridized carbons (Fsp3) is 0.154. The fourth-order valence-corrected chi connectivity index (χ4v) is 3.41. The average Bonchev–Trinajstić information content (AvgIpc) is 2.90. The third-order valence-electron chi connectivity index (χ3n) is 3.26. The molecular formula is C13H10N2S. The average molecular weight is 226 g/mol. The summed E-state index contributed by atoms with van der Waals surface area (Å²) in [7, 11) is 0. The Bertz CT molecular complexity index is 706. The molecule has 2 heterocycles. The van der Waals surface area contributed by atoms with Gasteiger partial charge < -0.3 is 0 Å². The lowest BCUT2D eigenvalue weighted by Gasteiger charge is -1.96. The number of rotatable bonds is 0. The Labute approximate surface area is 97.2 Å². The Morgan fingerprint density at radius 1 is 1.31 bits per heavy atom. The maximum absolute atomic E-state index is 4.74. The molecule has 0 bridgehead atoms. The highest BCUT2D eigenvalue weighted by Crippen LogP contribution is 2.37. The first-order valence-electron chi connectivity index (χ1n) is 5.38. The molecule has 0 spiro atoms. The van der Waals surface area contributed by atoms with E-state index in [9.17, 15) is 0 Å². The van der Waals surface area contributed by atoms with Gasteiger partial charge in [0.05, 0.1) is 11.4 Å². The summed E-state index contributed by atoms with van der Waals surface area (Å²) in [5, 5.41) is 2.17. The van der Waals surface area contributed by atoms with Crippen molar-refractivity contribution in [2.75, 3.05) is 0 Å². The number of hydrogen-bond donors (Lipinski definition) is 0. The van der Waals surface area contributed by atoms with E-state index in [1.807, 2.05) is 0 Å². The van der Waals surface area contributed by atoms with Crippen LogP contribution in [0.3, 0.4) is 0 Å². The molecule has 4 rings (SSSR count). The lowest BCUT2D eigenvalue weighted by atomic mass is 10.1. The van der Waals surface area contributed by atoms with E-state index in [0.29, 0.717) is 0 Å². The molecule has 0 N–H and O–H groups in total. The standard InChI is InChI=1S/C13H10N2S/c1-8-7-16-13-14-12-10-5-3-2-4-9(10)6-11(12)15(8)13/h2-5,7H,6H2,1H3. The van der Waals surface area contributed by atoms with Crippen LogP contribution in [0.4, 0.5) is 0 Å². The number of benzene rings is 1. The van der Waals surface area contributed by atoms with Crippen LogP contribution in [0.25, 0.3) is 16.2 Å². The third kappa shape index (κ3) is 0.895. The minimum absolute atomic E-state index is 1.02. The maximum Gasteiger partial charge on any atom is 0.194 e. The van der Waals surface area contributed by atoms with E-state index in [2.05, 4.69) is 41.0 Å². The summed E-state index contributed by atoms with van der Waals surface area (Å²) in [4.78, 5) is 5.86. The van der Waals surface area contributed by atoms with Crippen molar-refractivity contribution in [1.29, 1.82) is 0 Å². The Morgan fingerprint density at radius 3 is 3.12 bits per heavy atom. The molecule has 3 heteroatoms. The summed E-state index contributed by atoms with van der Waals surface area (Å²) in [6, 6.07) is 8.57. The van der Waals surface area contributed by atoms with Gasteiger partial charge in [0, 0.05) is 23.1 Å². The van der Waals surface area contributed by atoms with Gasteiger partial charge in [-0.05, 0) is 12.5 Å². The second-order valence-electron chi connectivity index (χ2n) is 4.24. The summed E-state index contributed by atoms with van der Waals surface area (Å²) in [6.45, 7) is 2.15. The summed E-state index contributed by atoms with van der Waals surface area (Å²) in [5.74, 6) is 0. The number of nitrogens with zero attached hydrogens (tertiary/aromatic N) is 2. The van der Waals surface area contributed by atoms with Gasteiger partial charge in [-0.25, -0.2) is 4.98 Å². The van der Waals surface area contributed by atoms with Crippen molar-refractivity contribution < 1.29 is 0 Å². The summed E-state index contributed by atoms with van der Waals surface area (Å²) in [6.07, 6.45) is 1.02. The molecule has 1 aliphatic rings. The number of imidazole rings is 1. The highest BCUT2D eigenvalue weighted by Gasteiger charge is 2.24. The molecule has 2 aromatic heterocycles. The van der Waals surface area contributed by atoms with Gasteiger partial charge >= 0.3 is 0 Å². The number of aryl methyl sites for hydroxylation is 1. The van der Waals surface area contributed by atoms with Crippen LogP contribution in [0.5, 0.6) is 0 Å². The van der Waals surface area contributed by atoms with Gasteiger partial charge in [0.1, 0.15) is 0 Å². The lowest BCUT2D eigenvalue weighted by Crippen LogP contribution is -1.90. The van der Waals surface area contributed by atoms with Crippen LogP contribution >= 0.6 is 11.3 Å². The first kappa shape index (κ1) is 8.53. The van der Waals surface area contributed by atoms with Gasteiger partial charge in [-0.15, -0.1) is 11.3 Å². The zero-order chi connectivity index (χ0) is 10.7. The van der Waals surface area contributed by atoms with E-state index < -0.39 is 0 Å². The number of thiazole rings is 1. The lowest BCUT2D eigenvalue weighted by molar-refractivity contribution is 1.02.